The SMILES string of the molecule is N#Cc1cccc(CNC(=O)c2cccc(Br)n2)c1. The second-order valence-electron chi connectivity index (χ2n) is 3.84. The number of benzene rings is 1. The van der Waals surface area contributed by atoms with Crippen molar-refractivity contribution in [3.8, 4) is 6.07 Å². The largest absolute Gasteiger partial charge is 0.347 e. The van der Waals surface area contributed by atoms with Crippen molar-refractivity contribution in [2.24, 2.45) is 0 Å². The summed E-state index contributed by atoms with van der Waals surface area (Å²) in [6.45, 7) is 0.364. The van der Waals surface area contributed by atoms with Crippen LogP contribution in [0.5, 0.6) is 0 Å². The predicted octanol–water partition coefficient (Wildman–Crippen LogP) is 2.65. The van der Waals surface area contributed by atoms with Crippen molar-refractivity contribution in [3.05, 3.63) is 63.9 Å². The summed E-state index contributed by atoms with van der Waals surface area (Å²) < 4.78 is 0.617. The maximum atomic E-state index is 11.9. The smallest absolute Gasteiger partial charge is 0.270 e. The maximum absolute atomic E-state index is 11.9. The molecule has 0 aliphatic heterocycles. The van der Waals surface area contributed by atoms with Gasteiger partial charge in [0.05, 0.1) is 11.6 Å². The van der Waals surface area contributed by atoms with E-state index in [9.17, 15) is 4.79 Å². The fourth-order valence-corrected chi connectivity index (χ4v) is 1.90. The lowest BCUT2D eigenvalue weighted by atomic mass is 10.1. The molecule has 0 atom stereocenters. The third kappa shape index (κ3) is 3.63. The normalized spacial score (nSPS) is 9.68. The average Bonchev–Trinajstić information content (AvgIpc) is 2.45. The second-order valence-corrected chi connectivity index (χ2v) is 4.65. The predicted molar refractivity (Wildman–Crippen MR) is 74.3 cm³/mol. The minimum Gasteiger partial charge on any atom is -0.347 e. The van der Waals surface area contributed by atoms with E-state index < -0.39 is 0 Å². The van der Waals surface area contributed by atoms with Crippen LogP contribution in [0.15, 0.2) is 47.1 Å². The zero-order valence-electron chi connectivity index (χ0n) is 9.93. The Morgan fingerprint density at radius 1 is 1.32 bits per heavy atom. The fourth-order valence-electron chi connectivity index (χ4n) is 1.56. The lowest BCUT2D eigenvalue weighted by Gasteiger charge is -2.05. The summed E-state index contributed by atoms with van der Waals surface area (Å²) in [5, 5.41) is 11.6. The van der Waals surface area contributed by atoms with Crippen LogP contribution in [-0.2, 0) is 6.54 Å². The minimum atomic E-state index is -0.247. The summed E-state index contributed by atoms with van der Waals surface area (Å²) in [4.78, 5) is 15.9. The van der Waals surface area contributed by atoms with Gasteiger partial charge < -0.3 is 5.32 Å². The molecule has 0 fully saturated rings. The molecule has 1 N–H and O–H groups in total. The van der Waals surface area contributed by atoms with E-state index in [-0.39, 0.29) is 5.91 Å². The molecule has 1 aromatic carbocycles. The van der Waals surface area contributed by atoms with Gasteiger partial charge >= 0.3 is 0 Å². The number of hydrogen-bond acceptors (Lipinski definition) is 3. The van der Waals surface area contributed by atoms with Gasteiger partial charge in [-0.3, -0.25) is 4.79 Å². The topological polar surface area (TPSA) is 65.8 Å². The first-order valence-electron chi connectivity index (χ1n) is 5.59. The average molecular weight is 316 g/mol. The molecular formula is C14H10BrN3O. The van der Waals surface area contributed by atoms with Crippen molar-refractivity contribution in [3.63, 3.8) is 0 Å². The maximum Gasteiger partial charge on any atom is 0.270 e. The van der Waals surface area contributed by atoms with Gasteiger partial charge in [0.1, 0.15) is 10.3 Å². The lowest BCUT2D eigenvalue weighted by molar-refractivity contribution is 0.0945. The summed E-state index contributed by atoms with van der Waals surface area (Å²) in [6.07, 6.45) is 0. The molecule has 0 aliphatic rings. The van der Waals surface area contributed by atoms with Crippen molar-refractivity contribution in [1.82, 2.24) is 10.3 Å². The molecule has 4 nitrogen and oxygen atoms in total. The van der Waals surface area contributed by atoms with E-state index in [1.165, 1.54) is 0 Å². The molecule has 2 aromatic rings. The first-order chi connectivity index (χ1) is 9.19. The lowest BCUT2D eigenvalue weighted by Crippen LogP contribution is -2.23. The van der Waals surface area contributed by atoms with Gasteiger partial charge in [-0.05, 0) is 45.8 Å². The minimum absolute atomic E-state index is 0.247. The first kappa shape index (κ1) is 13.2. The highest BCUT2D eigenvalue weighted by Gasteiger charge is 2.07. The van der Waals surface area contributed by atoms with Gasteiger partial charge in [0.15, 0.2) is 0 Å². The number of nitriles is 1. The van der Waals surface area contributed by atoms with Gasteiger partial charge in [-0.25, -0.2) is 4.98 Å². The van der Waals surface area contributed by atoms with Crippen LogP contribution < -0.4 is 5.32 Å². The molecule has 0 unspecified atom stereocenters. The van der Waals surface area contributed by atoms with Gasteiger partial charge in [0.2, 0.25) is 0 Å². The zero-order valence-corrected chi connectivity index (χ0v) is 11.5. The van der Waals surface area contributed by atoms with Gasteiger partial charge in [0, 0.05) is 6.54 Å². The van der Waals surface area contributed by atoms with Gasteiger partial charge in [0.25, 0.3) is 5.91 Å². The highest BCUT2D eigenvalue weighted by atomic mass is 79.9. The van der Waals surface area contributed by atoms with E-state index in [1.807, 2.05) is 6.07 Å². The summed E-state index contributed by atoms with van der Waals surface area (Å²) >= 11 is 3.22. The molecule has 0 bridgehead atoms. The third-order valence-corrected chi connectivity index (χ3v) is 2.90. The van der Waals surface area contributed by atoms with E-state index in [4.69, 9.17) is 5.26 Å². The Morgan fingerprint density at radius 3 is 2.84 bits per heavy atom. The number of halogens is 1. The number of hydrogen-bond donors (Lipinski definition) is 1. The number of pyridine rings is 1. The Labute approximate surface area is 119 Å². The van der Waals surface area contributed by atoms with E-state index in [2.05, 4.69) is 32.3 Å². The molecular weight excluding hydrogens is 306 g/mol. The van der Waals surface area contributed by atoms with Crippen molar-refractivity contribution < 1.29 is 4.79 Å². The molecule has 19 heavy (non-hydrogen) atoms. The Bertz CT molecular complexity index is 649. The number of carbonyl (C=O) groups excluding carboxylic acids is 1. The Hall–Kier alpha value is -2.19. The highest BCUT2D eigenvalue weighted by Crippen LogP contribution is 2.07. The molecule has 0 spiro atoms. The molecule has 5 heteroatoms. The summed E-state index contributed by atoms with van der Waals surface area (Å²) in [5.74, 6) is -0.247. The molecule has 0 saturated heterocycles. The standard InChI is InChI=1S/C14H10BrN3O/c15-13-6-2-5-12(18-13)14(19)17-9-11-4-1-3-10(7-11)8-16/h1-7H,9H2,(H,17,19). The molecule has 94 valence electrons. The van der Waals surface area contributed by atoms with Crippen LogP contribution in [0.4, 0.5) is 0 Å². The van der Waals surface area contributed by atoms with Crippen LogP contribution in [0.3, 0.4) is 0 Å². The number of nitrogens with one attached hydrogen (secondary N) is 1. The Kier molecular flexibility index (Phi) is 4.26. The molecule has 2 rings (SSSR count). The fraction of sp³-hybridized carbons (Fsp3) is 0.0714. The summed E-state index contributed by atoms with van der Waals surface area (Å²) in [5.41, 5.74) is 1.81. The number of nitrogens with zero attached hydrogens (tertiary/aromatic N) is 2. The van der Waals surface area contributed by atoms with E-state index >= 15 is 0 Å². The van der Waals surface area contributed by atoms with E-state index in [0.29, 0.717) is 22.4 Å². The third-order valence-electron chi connectivity index (χ3n) is 2.46. The zero-order chi connectivity index (χ0) is 13.7. The second kappa shape index (κ2) is 6.12. The van der Waals surface area contributed by atoms with Crippen molar-refractivity contribution in [2.75, 3.05) is 0 Å². The Balaban J connectivity index is 2.02. The molecule has 1 heterocycles. The molecule has 1 amide bonds. The van der Waals surface area contributed by atoms with Gasteiger partial charge in [-0.2, -0.15) is 5.26 Å². The monoisotopic (exact) mass is 315 g/mol. The molecule has 0 saturated carbocycles. The van der Waals surface area contributed by atoms with Gasteiger partial charge in [-0.1, -0.05) is 18.2 Å². The van der Waals surface area contributed by atoms with E-state index in [0.717, 1.165) is 5.56 Å². The van der Waals surface area contributed by atoms with Gasteiger partial charge in [-0.15, -0.1) is 0 Å². The number of rotatable bonds is 3. The Morgan fingerprint density at radius 2 is 2.11 bits per heavy atom. The van der Waals surface area contributed by atoms with Crippen LogP contribution >= 0.6 is 15.9 Å². The van der Waals surface area contributed by atoms with E-state index in [1.54, 1.807) is 36.4 Å². The summed E-state index contributed by atoms with van der Waals surface area (Å²) in [6, 6.07) is 14.3. The van der Waals surface area contributed by atoms with Crippen LogP contribution in [0, 0.1) is 11.3 Å². The molecule has 0 aliphatic carbocycles. The van der Waals surface area contributed by atoms with Crippen molar-refractivity contribution >= 4 is 21.8 Å². The van der Waals surface area contributed by atoms with Crippen LogP contribution in [-0.4, -0.2) is 10.9 Å². The number of aromatic nitrogens is 1. The first-order valence-corrected chi connectivity index (χ1v) is 6.38. The summed E-state index contributed by atoms with van der Waals surface area (Å²) in [7, 11) is 0. The number of amides is 1. The van der Waals surface area contributed by atoms with Crippen molar-refractivity contribution in [2.45, 2.75) is 6.54 Å². The van der Waals surface area contributed by atoms with Crippen LogP contribution in [0.2, 0.25) is 0 Å². The quantitative estimate of drug-likeness (QED) is 0.885. The highest BCUT2D eigenvalue weighted by molar-refractivity contribution is 9.10. The molecule has 1 aromatic heterocycles. The molecule has 0 radical (unpaired) electrons. The number of carbonyl (C=O) groups is 1. The van der Waals surface area contributed by atoms with Crippen LogP contribution in [0.25, 0.3) is 0 Å². The van der Waals surface area contributed by atoms with Crippen LogP contribution in [0.1, 0.15) is 21.6 Å². The van der Waals surface area contributed by atoms with Crippen molar-refractivity contribution in [1.29, 1.82) is 5.26 Å².